The predicted octanol–water partition coefficient (Wildman–Crippen LogP) is 1.14. The normalized spacial score (nSPS) is 9.67. The number of hydrogen-bond donors (Lipinski definition) is 0. The number of ether oxygens (including phenoxy) is 1. The van der Waals surface area contributed by atoms with Gasteiger partial charge in [0.2, 0.25) is 0 Å². The molecule has 0 N–H and O–H groups in total. The second-order valence-electron chi connectivity index (χ2n) is 2.96. The van der Waals surface area contributed by atoms with Crippen molar-refractivity contribution in [3.63, 3.8) is 0 Å². The minimum Gasteiger partial charge on any atom is -0.449 e. The molecule has 0 bridgehead atoms. The molecule has 0 atom stereocenters. The molecule has 0 heterocycles. The van der Waals surface area contributed by atoms with E-state index in [9.17, 15) is 9.59 Å². The van der Waals surface area contributed by atoms with Crippen molar-refractivity contribution < 1.29 is 14.3 Å². The first-order chi connectivity index (χ1) is 7.24. The van der Waals surface area contributed by atoms with Crippen molar-refractivity contribution in [2.24, 2.45) is 0 Å². The molecule has 0 aromatic rings. The lowest BCUT2D eigenvalue weighted by molar-refractivity contribution is -0.148. The Hall–Kier alpha value is -1.42. The Morgan fingerprint density at radius 1 is 1.27 bits per heavy atom. The van der Waals surface area contributed by atoms with Crippen molar-refractivity contribution in [3.05, 3.63) is 25.3 Å². The zero-order chi connectivity index (χ0) is 11.5. The highest BCUT2D eigenvalue weighted by Gasteiger charge is 2.05. The molecule has 0 rings (SSSR count). The minimum atomic E-state index is -0.361. The maximum atomic E-state index is 11.1. The lowest BCUT2D eigenvalue weighted by atomic mass is 10.3. The first-order valence-corrected chi connectivity index (χ1v) is 4.78. The summed E-state index contributed by atoms with van der Waals surface area (Å²) < 4.78 is 4.94. The van der Waals surface area contributed by atoms with Crippen LogP contribution in [0.25, 0.3) is 0 Å². The highest BCUT2D eigenvalue weighted by molar-refractivity contribution is 5.72. The Labute approximate surface area is 90.2 Å². The number of esters is 1. The van der Waals surface area contributed by atoms with Crippen LogP contribution in [0.15, 0.2) is 25.3 Å². The van der Waals surface area contributed by atoms with E-state index in [4.69, 9.17) is 4.74 Å². The van der Waals surface area contributed by atoms with Crippen LogP contribution in [0.4, 0.5) is 0 Å². The smallest absolute Gasteiger partial charge is 0.307 e. The second-order valence-corrected chi connectivity index (χ2v) is 2.96. The lowest BCUT2D eigenvalue weighted by Gasteiger charge is -2.17. The summed E-state index contributed by atoms with van der Waals surface area (Å²) in [5.41, 5.74) is 0. The molecule has 4 nitrogen and oxygen atoms in total. The molecule has 0 radical (unpaired) electrons. The fourth-order valence-electron chi connectivity index (χ4n) is 0.957. The SMILES string of the molecule is C=CCN(CC=C)COC(=O)CCC=O. The van der Waals surface area contributed by atoms with E-state index >= 15 is 0 Å². The highest BCUT2D eigenvalue weighted by atomic mass is 16.5. The molecule has 0 saturated carbocycles. The minimum absolute atomic E-state index is 0.138. The van der Waals surface area contributed by atoms with E-state index in [1.807, 2.05) is 4.90 Å². The van der Waals surface area contributed by atoms with Crippen molar-refractivity contribution in [2.75, 3.05) is 19.8 Å². The monoisotopic (exact) mass is 211 g/mol. The Kier molecular flexibility index (Phi) is 8.28. The molecule has 0 aliphatic rings. The Balaban J connectivity index is 3.76. The quantitative estimate of drug-likeness (QED) is 0.248. The van der Waals surface area contributed by atoms with Gasteiger partial charge in [0.25, 0.3) is 0 Å². The number of carbonyl (C=O) groups is 2. The third kappa shape index (κ3) is 7.64. The molecule has 0 spiro atoms. The number of carbonyl (C=O) groups excluding carboxylic acids is 2. The third-order valence-electron chi connectivity index (χ3n) is 1.65. The fraction of sp³-hybridized carbons (Fsp3) is 0.455. The van der Waals surface area contributed by atoms with E-state index in [-0.39, 0.29) is 25.5 Å². The zero-order valence-corrected chi connectivity index (χ0v) is 8.85. The van der Waals surface area contributed by atoms with E-state index in [1.165, 1.54) is 0 Å². The zero-order valence-electron chi connectivity index (χ0n) is 8.85. The van der Waals surface area contributed by atoms with E-state index in [0.717, 1.165) is 0 Å². The Morgan fingerprint density at radius 3 is 2.33 bits per heavy atom. The van der Waals surface area contributed by atoms with Crippen LogP contribution in [0.2, 0.25) is 0 Å². The fourth-order valence-corrected chi connectivity index (χ4v) is 0.957. The Bertz CT molecular complexity index is 216. The molecule has 84 valence electrons. The summed E-state index contributed by atoms with van der Waals surface area (Å²) in [7, 11) is 0. The first-order valence-electron chi connectivity index (χ1n) is 4.78. The van der Waals surface area contributed by atoms with Crippen LogP contribution in [0, 0.1) is 0 Å². The summed E-state index contributed by atoms with van der Waals surface area (Å²) in [6.07, 6.45) is 4.50. The van der Waals surface area contributed by atoms with Crippen LogP contribution < -0.4 is 0 Å². The van der Waals surface area contributed by atoms with E-state index in [1.54, 1.807) is 12.2 Å². The average Bonchev–Trinajstić information content (AvgIpc) is 2.23. The number of hydrogen-bond acceptors (Lipinski definition) is 4. The van der Waals surface area contributed by atoms with Gasteiger partial charge < -0.3 is 9.53 Å². The van der Waals surface area contributed by atoms with Gasteiger partial charge in [0, 0.05) is 19.5 Å². The third-order valence-corrected chi connectivity index (χ3v) is 1.65. The van der Waals surface area contributed by atoms with Crippen molar-refractivity contribution >= 4 is 12.3 Å². The molecule has 0 aromatic heterocycles. The van der Waals surface area contributed by atoms with Gasteiger partial charge in [0.15, 0.2) is 0 Å². The van der Waals surface area contributed by atoms with Crippen molar-refractivity contribution in [1.82, 2.24) is 4.90 Å². The van der Waals surface area contributed by atoms with Gasteiger partial charge in [0.05, 0.1) is 6.42 Å². The largest absolute Gasteiger partial charge is 0.449 e. The van der Waals surface area contributed by atoms with Gasteiger partial charge in [-0.05, 0) is 0 Å². The van der Waals surface area contributed by atoms with Crippen LogP contribution in [-0.2, 0) is 14.3 Å². The molecular formula is C11H17NO3. The van der Waals surface area contributed by atoms with E-state index in [2.05, 4.69) is 13.2 Å². The van der Waals surface area contributed by atoms with Gasteiger partial charge in [-0.1, -0.05) is 12.2 Å². The van der Waals surface area contributed by atoms with E-state index in [0.29, 0.717) is 19.4 Å². The summed E-state index contributed by atoms with van der Waals surface area (Å²) in [6.45, 7) is 8.66. The maximum Gasteiger partial charge on any atom is 0.307 e. The summed E-state index contributed by atoms with van der Waals surface area (Å²) in [6, 6.07) is 0. The van der Waals surface area contributed by atoms with Crippen LogP contribution in [-0.4, -0.2) is 37.0 Å². The van der Waals surface area contributed by atoms with Crippen molar-refractivity contribution in [2.45, 2.75) is 12.8 Å². The molecule has 15 heavy (non-hydrogen) atoms. The van der Waals surface area contributed by atoms with Crippen LogP contribution in [0.1, 0.15) is 12.8 Å². The maximum absolute atomic E-state index is 11.1. The van der Waals surface area contributed by atoms with Gasteiger partial charge in [-0.25, -0.2) is 0 Å². The molecule has 0 aromatic carbocycles. The molecule has 0 unspecified atom stereocenters. The molecule has 0 aliphatic carbocycles. The van der Waals surface area contributed by atoms with Gasteiger partial charge in [-0.3, -0.25) is 9.69 Å². The average molecular weight is 211 g/mol. The Morgan fingerprint density at radius 2 is 1.87 bits per heavy atom. The first kappa shape index (κ1) is 13.6. The number of rotatable bonds is 9. The summed E-state index contributed by atoms with van der Waals surface area (Å²) in [5, 5.41) is 0. The van der Waals surface area contributed by atoms with E-state index < -0.39 is 0 Å². The van der Waals surface area contributed by atoms with Gasteiger partial charge in [-0.15, -0.1) is 13.2 Å². The summed E-state index contributed by atoms with van der Waals surface area (Å²) >= 11 is 0. The summed E-state index contributed by atoms with van der Waals surface area (Å²) in [5.74, 6) is -0.361. The predicted molar refractivity (Wildman–Crippen MR) is 58.2 cm³/mol. The highest BCUT2D eigenvalue weighted by Crippen LogP contribution is 1.94. The number of nitrogens with zero attached hydrogens (tertiary/aromatic N) is 1. The molecule has 0 amide bonds. The van der Waals surface area contributed by atoms with Gasteiger partial charge in [-0.2, -0.15) is 0 Å². The van der Waals surface area contributed by atoms with Crippen LogP contribution >= 0.6 is 0 Å². The number of aldehydes is 1. The van der Waals surface area contributed by atoms with Crippen molar-refractivity contribution in [3.8, 4) is 0 Å². The lowest BCUT2D eigenvalue weighted by Crippen LogP contribution is -2.28. The molecular weight excluding hydrogens is 194 g/mol. The molecule has 0 fully saturated rings. The molecule has 0 saturated heterocycles. The van der Waals surface area contributed by atoms with Crippen LogP contribution in [0.3, 0.4) is 0 Å². The van der Waals surface area contributed by atoms with Gasteiger partial charge >= 0.3 is 5.97 Å². The van der Waals surface area contributed by atoms with Crippen molar-refractivity contribution in [1.29, 1.82) is 0 Å². The topological polar surface area (TPSA) is 46.6 Å². The molecule has 0 aliphatic heterocycles. The van der Waals surface area contributed by atoms with Crippen LogP contribution in [0.5, 0.6) is 0 Å². The standard InChI is InChI=1S/C11H17NO3/c1-3-7-12(8-4-2)10-15-11(14)6-5-9-13/h3-4,9H,1-2,5-8,10H2. The van der Waals surface area contributed by atoms with Gasteiger partial charge in [0.1, 0.15) is 13.0 Å². The molecule has 4 heteroatoms. The second kappa shape index (κ2) is 9.15. The summed E-state index contributed by atoms with van der Waals surface area (Å²) in [4.78, 5) is 22.9.